The van der Waals surface area contributed by atoms with Gasteiger partial charge in [0.1, 0.15) is 0 Å². The second kappa shape index (κ2) is 2.50. The molecular formula is C12H20O. The zero-order valence-electron chi connectivity index (χ0n) is 8.39. The fourth-order valence-corrected chi connectivity index (χ4v) is 4.57. The lowest BCUT2D eigenvalue weighted by molar-refractivity contribution is -0.134. The summed E-state index contributed by atoms with van der Waals surface area (Å²) in [5.41, 5.74) is 1.02. The maximum absolute atomic E-state index is 10.2. The lowest BCUT2D eigenvalue weighted by Gasteiger charge is -2.57. The average molecular weight is 180 g/mol. The Kier molecular flexibility index (Phi) is 1.59. The van der Waals surface area contributed by atoms with Crippen LogP contribution in [0.3, 0.4) is 0 Å². The van der Waals surface area contributed by atoms with Crippen LogP contribution in [0.2, 0.25) is 0 Å². The predicted octanol–water partition coefficient (Wildman–Crippen LogP) is 2.87. The molecule has 0 aliphatic heterocycles. The monoisotopic (exact) mass is 180 g/mol. The Bertz CT molecular complexity index is 225. The minimum absolute atomic E-state index is 0.0475. The second-order valence-electron chi connectivity index (χ2n) is 5.55. The molecule has 0 heterocycles. The Morgan fingerprint density at radius 3 is 2.46 bits per heavy atom. The van der Waals surface area contributed by atoms with E-state index in [2.05, 4.69) is 0 Å². The summed E-state index contributed by atoms with van der Waals surface area (Å²) in [5, 5.41) is 10.2. The number of rotatable bonds is 0. The summed E-state index contributed by atoms with van der Waals surface area (Å²) in [6.45, 7) is 0. The number of aliphatic hydroxyl groups is 1. The summed E-state index contributed by atoms with van der Waals surface area (Å²) in [5.74, 6) is 0. The first-order valence-corrected chi connectivity index (χ1v) is 5.97. The molecule has 3 aliphatic carbocycles. The van der Waals surface area contributed by atoms with E-state index in [4.69, 9.17) is 0 Å². The number of aliphatic hydroxyl groups excluding tert-OH is 1. The zero-order chi connectivity index (χ0) is 8.94. The van der Waals surface area contributed by atoms with Crippen molar-refractivity contribution in [3.8, 4) is 0 Å². The molecule has 0 radical (unpaired) electrons. The largest absolute Gasteiger partial charge is 0.393 e. The Morgan fingerprint density at radius 1 is 0.846 bits per heavy atom. The highest BCUT2D eigenvalue weighted by Crippen LogP contribution is 2.71. The third-order valence-electron chi connectivity index (χ3n) is 5.40. The fourth-order valence-electron chi connectivity index (χ4n) is 4.57. The van der Waals surface area contributed by atoms with E-state index in [1.54, 1.807) is 0 Å². The van der Waals surface area contributed by atoms with E-state index in [0.717, 1.165) is 6.42 Å². The predicted molar refractivity (Wildman–Crippen MR) is 52.4 cm³/mol. The highest BCUT2D eigenvalue weighted by atomic mass is 16.3. The number of hydrogen-bond acceptors (Lipinski definition) is 1. The first kappa shape index (κ1) is 8.28. The molecule has 1 nitrogen and oxygen atoms in total. The molecule has 0 unspecified atom stereocenters. The van der Waals surface area contributed by atoms with Gasteiger partial charge in [-0.25, -0.2) is 0 Å². The van der Waals surface area contributed by atoms with Gasteiger partial charge in [-0.05, 0) is 43.9 Å². The summed E-state index contributed by atoms with van der Waals surface area (Å²) in [6.07, 6.45) is 12.1. The Hall–Kier alpha value is -0.0400. The van der Waals surface area contributed by atoms with Crippen LogP contribution >= 0.6 is 0 Å². The van der Waals surface area contributed by atoms with Crippen LogP contribution in [-0.4, -0.2) is 11.2 Å². The van der Waals surface area contributed by atoms with Crippen molar-refractivity contribution in [1.29, 1.82) is 0 Å². The van der Waals surface area contributed by atoms with Crippen LogP contribution in [0.4, 0.5) is 0 Å². The molecule has 0 bridgehead atoms. The van der Waals surface area contributed by atoms with Gasteiger partial charge in [0.2, 0.25) is 0 Å². The minimum atomic E-state index is 0.0475. The van der Waals surface area contributed by atoms with E-state index in [1.807, 2.05) is 0 Å². The van der Waals surface area contributed by atoms with Crippen LogP contribution in [0, 0.1) is 10.8 Å². The van der Waals surface area contributed by atoms with Gasteiger partial charge in [-0.1, -0.05) is 19.3 Å². The Labute approximate surface area is 80.5 Å². The van der Waals surface area contributed by atoms with Gasteiger partial charge >= 0.3 is 0 Å². The molecule has 1 heteroatoms. The van der Waals surface area contributed by atoms with Crippen LogP contribution in [0.15, 0.2) is 0 Å². The van der Waals surface area contributed by atoms with Crippen molar-refractivity contribution in [3.05, 3.63) is 0 Å². The van der Waals surface area contributed by atoms with E-state index < -0.39 is 0 Å². The maximum Gasteiger partial charge on any atom is 0.0601 e. The van der Waals surface area contributed by atoms with Crippen LogP contribution in [0.1, 0.15) is 57.8 Å². The molecule has 0 aromatic heterocycles. The summed E-state index contributed by atoms with van der Waals surface area (Å²) >= 11 is 0. The van der Waals surface area contributed by atoms with E-state index in [0.29, 0.717) is 10.8 Å². The molecule has 13 heavy (non-hydrogen) atoms. The van der Waals surface area contributed by atoms with Crippen molar-refractivity contribution >= 4 is 0 Å². The first-order chi connectivity index (χ1) is 6.29. The van der Waals surface area contributed by atoms with Gasteiger partial charge in [0, 0.05) is 5.41 Å². The van der Waals surface area contributed by atoms with E-state index in [-0.39, 0.29) is 6.10 Å². The van der Waals surface area contributed by atoms with Gasteiger partial charge in [0.05, 0.1) is 6.10 Å². The van der Waals surface area contributed by atoms with Gasteiger partial charge < -0.3 is 5.11 Å². The smallest absolute Gasteiger partial charge is 0.0601 e. The van der Waals surface area contributed by atoms with Gasteiger partial charge in [-0.2, -0.15) is 0 Å². The lowest BCUT2D eigenvalue weighted by atomic mass is 9.48. The Morgan fingerprint density at radius 2 is 1.69 bits per heavy atom. The third-order valence-corrected chi connectivity index (χ3v) is 5.40. The molecule has 0 aromatic carbocycles. The number of hydrogen-bond donors (Lipinski definition) is 1. The van der Waals surface area contributed by atoms with Crippen molar-refractivity contribution in [2.24, 2.45) is 10.8 Å². The minimum Gasteiger partial charge on any atom is -0.393 e. The highest BCUT2D eigenvalue weighted by molar-refractivity contribution is 5.14. The van der Waals surface area contributed by atoms with Gasteiger partial charge in [-0.15, -0.1) is 0 Å². The van der Waals surface area contributed by atoms with Gasteiger partial charge in [-0.3, -0.25) is 0 Å². The molecule has 0 spiro atoms. The highest BCUT2D eigenvalue weighted by Gasteiger charge is 2.64. The molecule has 1 N–H and O–H groups in total. The molecule has 3 rings (SSSR count). The van der Waals surface area contributed by atoms with Crippen molar-refractivity contribution in [2.45, 2.75) is 63.9 Å². The van der Waals surface area contributed by atoms with Crippen molar-refractivity contribution < 1.29 is 5.11 Å². The van der Waals surface area contributed by atoms with Crippen molar-refractivity contribution in [2.75, 3.05) is 0 Å². The molecule has 0 saturated heterocycles. The van der Waals surface area contributed by atoms with Crippen molar-refractivity contribution in [3.63, 3.8) is 0 Å². The molecule has 3 aliphatic rings. The molecule has 74 valence electrons. The van der Waals surface area contributed by atoms with Gasteiger partial charge in [0.15, 0.2) is 0 Å². The van der Waals surface area contributed by atoms with Crippen LogP contribution in [0.25, 0.3) is 0 Å². The second-order valence-corrected chi connectivity index (χ2v) is 5.55. The van der Waals surface area contributed by atoms with Crippen LogP contribution in [0.5, 0.6) is 0 Å². The molecule has 0 aromatic rings. The SMILES string of the molecule is O[C@@H]1CCCC[C@@]23CCC[C@]12CC3. The molecular weight excluding hydrogens is 160 g/mol. The summed E-state index contributed by atoms with van der Waals surface area (Å²) < 4.78 is 0. The summed E-state index contributed by atoms with van der Waals surface area (Å²) in [7, 11) is 0. The third kappa shape index (κ3) is 0.823. The van der Waals surface area contributed by atoms with Crippen LogP contribution < -0.4 is 0 Å². The molecule has 3 atom stereocenters. The molecule has 0 amide bonds. The molecule has 3 fully saturated rings. The standard InChI is InChI=1S/C12H20O/c13-10-4-1-2-5-11-6-3-7-12(10,11)9-8-11/h10,13H,1-9H2/t10-,11+,12+/m1/s1. The zero-order valence-corrected chi connectivity index (χ0v) is 8.39. The van der Waals surface area contributed by atoms with Crippen LogP contribution in [-0.2, 0) is 0 Å². The van der Waals surface area contributed by atoms with Gasteiger partial charge in [0.25, 0.3) is 0 Å². The normalized spacial score (nSPS) is 54.7. The average Bonchev–Trinajstić information content (AvgIpc) is 2.32. The quantitative estimate of drug-likeness (QED) is 0.607. The topological polar surface area (TPSA) is 20.2 Å². The Balaban J connectivity index is 1.97. The summed E-state index contributed by atoms with van der Waals surface area (Å²) in [6, 6.07) is 0. The fraction of sp³-hybridized carbons (Fsp3) is 1.00. The van der Waals surface area contributed by atoms with Crippen molar-refractivity contribution in [1.82, 2.24) is 0 Å². The van der Waals surface area contributed by atoms with E-state index in [1.165, 1.54) is 51.4 Å². The maximum atomic E-state index is 10.2. The van der Waals surface area contributed by atoms with E-state index in [9.17, 15) is 5.11 Å². The van der Waals surface area contributed by atoms with E-state index >= 15 is 0 Å². The lowest BCUT2D eigenvalue weighted by Crippen LogP contribution is -2.53. The summed E-state index contributed by atoms with van der Waals surface area (Å²) in [4.78, 5) is 0. The molecule has 3 saturated carbocycles. The first-order valence-electron chi connectivity index (χ1n) is 5.97.